The summed E-state index contributed by atoms with van der Waals surface area (Å²) in [6.07, 6.45) is 2.09. The molecular formula is C18H19Br2NO2. The normalized spacial score (nSPS) is 10.4. The third-order valence-corrected chi connectivity index (χ3v) is 4.43. The molecule has 0 heterocycles. The molecule has 0 aliphatic carbocycles. The van der Waals surface area contributed by atoms with Gasteiger partial charge in [0, 0.05) is 16.6 Å². The number of benzene rings is 2. The Morgan fingerprint density at radius 2 is 2.00 bits per heavy atom. The maximum absolute atomic E-state index is 11.9. The van der Waals surface area contributed by atoms with E-state index in [1.807, 2.05) is 30.3 Å². The van der Waals surface area contributed by atoms with E-state index in [1.54, 1.807) is 0 Å². The van der Waals surface area contributed by atoms with Gasteiger partial charge in [-0.2, -0.15) is 0 Å². The Kier molecular flexibility index (Phi) is 7.12. The van der Waals surface area contributed by atoms with Gasteiger partial charge in [-0.3, -0.25) is 4.79 Å². The monoisotopic (exact) mass is 439 g/mol. The summed E-state index contributed by atoms with van der Waals surface area (Å²) in [5.41, 5.74) is 2.06. The molecule has 0 bridgehead atoms. The molecule has 2 rings (SSSR count). The second kappa shape index (κ2) is 9.08. The standard InChI is InChI=1S/C18H19Br2NO2/c1-2-13-8-9-17(16(20)11-13)23-10-4-7-18(22)21-15-6-3-5-14(19)12-15/h3,5-6,8-9,11-12H,2,4,7,10H2,1H3,(H,21,22). The summed E-state index contributed by atoms with van der Waals surface area (Å²) in [6, 6.07) is 13.6. The van der Waals surface area contributed by atoms with Gasteiger partial charge < -0.3 is 10.1 Å². The molecule has 3 nitrogen and oxygen atoms in total. The van der Waals surface area contributed by atoms with Crippen LogP contribution in [0.4, 0.5) is 5.69 Å². The van der Waals surface area contributed by atoms with Gasteiger partial charge in [-0.05, 0) is 64.7 Å². The fourth-order valence-electron chi connectivity index (χ4n) is 2.09. The highest BCUT2D eigenvalue weighted by Crippen LogP contribution is 2.26. The van der Waals surface area contributed by atoms with Crippen LogP contribution in [-0.2, 0) is 11.2 Å². The van der Waals surface area contributed by atoms with Crippen LogP contribution in [0.15, 0.2) is 51.4 Å². The van der Waals surface area contributed by atoms with Crippen LogP contribution in [0.5, 0.6) is 5.75 Å². The quantitative estimate of drug-likeness (QED) is 0.571. The van der Waals surface area contributed by atoms with E-state index in [4.69, 9.17) is 4.74 Å². The first-order valence-corrected chi connectivity index (χ1v) is 9.13. The van der Waals surface area contributed by atoms with Gasteiger partial charge in [0.25, 0.3) is 0 Å². The van der Waals surface area contributed by atoms with Crippen LogP contribution in [0, 0.1) is 0 Å². The van der Waals surface area contributed by atoms with E-state index in [1.165, 1.54) is 5.56 Å². The molecule has 2 aromatic rings. The third-order valence-electron chi connectivity index (χ3n) is 3.32. The van der Waals surface area contributed by atoms with Crippen LogP contribution < -0.4 is 10.1 Å². The molecule has 0 saturated heterocycles. The lowest BCUT2D eigenvalue weighted by Crippen LogP contribution is -2.12. The van der Waals surface area contributed by atoms with E-state index >= 15 is 0 Å². The molecule has 1 amide bonds. The average Bonchev–Trinajstić information content (AvgIpc) is 2.52. The highest BCUT2D eigenvalue weighted by Gasteiger charge is 2.05. The van der Waals surface area contributed by atoms with Gasteiger partial charge in [-0.15, -0.1) is 0 Å². The Bertz CT molecular complexity index is 674. The van der Waals surface area contributed by atoms with E-state index < -0.39 is 0 Å². The largest absolute Gasteiger partial charge is 0.492 e. The van der Waals surface area contributed by atoms with Crippen molar-refractivity contribution in [3.63, 3.8) is 0 Å². The van der Waals surface area contributed by atoms with Crippen molar-refractivity contribution < 1.29 is 9.53 Å². The number of halogens is 2. The van der Waals surface area contributed by atoms with Crippen LogP contribution >= 0.6 is 31.9 Å². The Balaban J connectivity index is 1.73. The number of carbonyl (C=O) groups excluding carboxylic acids is 1. The highest BCUT2D eigenvalue weighted by atomic mass is 79.9. The lowest BCUT2D eigenvalue weighted by molar-refractivity contribution is -0.116. The van der Waals surface area contributed by atoms with E-state index in [9.17, 15) is 4.79 Å². The number of anilines is 1. The summed E-state index contributed by atoms with van der Waals surface area (Å²) < 4.78 is 7.62. The van der Waals surface area contributed by atoms with Crippen molar-refractivity contribution in [2.24, 2.45) is 0 Å². The summed E-state index contributed by atoms with van der Waals surface area (Å²) >= 11 is 6.89. The van der Waals surface area contributed by atoms with E-state index in [0.29, 0.717) is 19.4 Å². The fraction of sp³-hybridized carbons (Fsp3) is 0.278. The number of amides is 1. The maximum Gasteiger partial charge on any atom is 0.224 e. The Labute approximate surface area is 153 Å². The fourth-order valence-corrected chi connectivity index (χ4v) is 3.03. The number of rotatable bonds is 7. The molecule has 0 aliphatic heterocycles. The molecule has 0 aliphatic rings. The smallest absolute Gasteiger partial charge is 0.224 e. The molecule has 1 N–H and O–H groups in total. The van der Waals surface area contributed by atoms with Gasteiger partial charge >= 0.3 is 0 Å². The second-order valence-electron chi connectivity index (χ2n) is 5.13. The third kappa shape index (κ3) is 5.99. The van der Waals surface area contributed by atoms with Gasteiger partial charge in [-0.25, -0.2) is 0 Å². The van der Waals surface area contributed by atoms with Crippen LogP contribution in [-0.4, -0.2) is 12.5 Å². The second-order valence-corrected chi connectivity index (χ2v) is 6.90. The van der Waals surface area contributed by atoms with Gasteiger partial charge in [-0.1, -0.05) is 35.0 Å². The summed E-state index contributed by atoms with van der Waals surface area (Å²) in [7, 11) is 0. The van der Waals surface area contributed by atoms with E-state index in [0.717, 1.165) is 26.8 Å². The summed E-state index contributed by atoms with van der Waals surface area (Å²) in [4.78, 5) is 11.9. The van der Waals surface area contributed by atoms with Crippen LogP contribution in [0.1, 0.15) is 25.3 Å². The molecule has 23 heavy (non-hydrogen) atoms. The zero-order chi connectivity index (χ0) is 16.7. The zero-order valence-electron chi connectivity index (χ0n) is 12.9. The highest BCUT2D eigenvalue weighted by molar-refractivity contribution is 9.10. The first kappa shape index (κ1) is 18.0. The molecule has 0 fully saturated rings. The van der Waals surface area contributed by atoms with Gasteiger partial charge in [0.2, 0.25) is 5.91 Å². The van der Waals surface area contributed by atoms with Gasteiger partial charge in [0.15, 0.2) is 0 Å². The molecule has 0 radical (unpaired) electrons. The molecule has 0 spiro atoms. The Morgan fingerprint density at radius 3 is 2.70 bits per heavy atom. The summed E-state index contributed by atoms with van der Waals surface area (Å²) in [5, 5.41) is 2.87. The van der Waals surface area contributed by atoms with Crippen LogP contribution in [0.25, 0.3) is 0 Å². The van der Waals surface area contributed by atoms with Crippen molar-refractivity contribution >= 4 is 43.5 Å². The predicted octanol–water partition coefficient (Wildman–Crippen LogP) is 5.57. The molecule has 0 aromatic heterocycles. The maximum atomic E-state index is 11.9. The van der Waals surface area contributed by atoms with Crippen molar-refractivity contribution in [3.05, 3.63) is 57.0 Å². The molecule has 2 aromatic carbocycles. The van der Waals surface area contributed by atoms with E-state index in [2.05, 4.69) is 56.2 Å². The van der Waals surface area contributed by atoms with Gasteiger partial charge in [0.05, 0.1) is 11.1 Å². The molecule has 0 atom stereocenters. The lowest BCUT2D eigenvalue weighted by atomic mass is 10.2. The average molecular weight is 441 g/mol. The minimum Gasteiger partial charge on any atom is -0.492 e. The van der Waals surface area contributed by atoms with E-state index in [-0.39, 0.29) is 5.91 Å². The number of hydrogen-bond donors (Lipinski definition) is 1. The number of carbonyl (C=O) groups is 1. The first-order chi connectivity index (χ1) is 11.1. The number of ether oxygens (including phenoxy) is 1. The van der Waals surface area contributed by atoms with Crippen molar-refractivity contribution in [1.82, 2.24) is 0 Å². The zero-order valence-corrected chi connectivity index (χ0v) is 16.1. The van der Waals surface area contributed by atoms with Crippen molar-refractivity contribution in [2.75, 3.05) is 11.9 Å². The minimum atomic E-state index is -0.00732. The van der Waals surface area contributed by atoms with Crippen molar-refractivity contribution in [2.45, 2.75) is 26.2 Å². The molecule has 5 heteroatoms. The number of nitrogens with one attached hydrogen (secondary N) is 1. The predicted molar refractivity (Wildman–Crippen MR) is 101 cm³/mol. The van der Waals surface area contributed by atoms with Crippen molar-refractivity contribution in [3.8, 4) is 5.75 Å². The Hall–Kier alpha value is -1.33. The van der Waals surface area contributed by atoms with Crippen LogP contribution in [0.3, 0.4) is 0 Å². The van der Waals surface area contributed by atoms with Crippen molar-refractivity contribution in [1.29, 1.82) is 0 Å². The summed E-state index contributed by atoms with van der Waals surface area (Å²) in [5.74, 6) is 0.807. The SMILES string of the molecule is CCc1ccc(OCCCC(=O)Nc2cccc(Br)c2)c(Br)c1. The number of aryl methyl sites for hydroxylation is 1. The number of hydrogen-bond acceptors (Lipinski definition) is 2. The topological polar surface area (TPSA) is 38.3 Å². The molecule has 122 valence electrons. The first-order valence-electron chi connectivity index (χ1n) is 7.55. The minimum absolute atomic E-state index is 0.00732. The summed E-state index contributed by atoms with van der Waals surface area (Å²) in [6.45, 7) is 2.63. The molecule has 0 saturated carbocycles. The Morgan fingerprint density at radius 1 is 1.17 bits per heavy atom. The van der Waals surface area contributed by atoms with Crippen LogP contribution in [0.2, 0.25) is 0 Å². The van der Waals surface area contributed by atoms with Gasteiger partial charge in [0.1, 0.15) is 5.75 Å². The molecule has 0 unspecified atom stereocenters. The lowest BCUT2D eigenvalue weighted by Gasteiger charge is -2.09. The molecular weight excluding hydrogens is 422 g/mol.